The topological polar surface area (TPSA) is 92.9 Å². The van der Waals surface area contributed by atoms with Crippen LogP contribution in [0.2, 0.25) is 5.15 Å². The molecule has 4 N–H and O–H groups in total. The highest BCUT2D eigenvalue weighted by atomic mass is 35.5. The standard InChI is InChI=1S/C17H19ClN6/c18-13-8-7-11-5-4-6-12(14(11)21-13)24-16(20)22-15(19)23-17(24)9-2-1-3-10-17/h4-8H,1-3,9-10H2,(H4,19,20,22,23). The van der Waals surface area contributed by atoms with Gasteiger partial charge in [-0.1, -0.05) is 30.2 Å². The van der Waals surface area contributed by atoms with Crippen molar-refractivity contribution in [2.75, 3.05) is 4.90 Å². The second kappa shape index (κ2) is 5.63. The Labute approximate surface area is 145 Å². The summed E-state index contributed by atoms with van der Waals surface area (Å²) in [4.78, 5) is 15.4. The average molecular weight is 343 g/mol. The van der Waals surface area contributed by atoms with Crippen LogP contribution in [0.15, 0.2) is 40.3 Å². The van der Waals surface area contributed by atoms with E-state index in [1.165, 1.54) is 6.42 Å². The molecule has 1 aromatic carbocycles. The van der Waals surface area contributed by atoms with Crippen LogP contribution in [0, 0.1) is 0 Å². The van der Waals surface area contributed by atoms with Crippen molar-refractivity contribution in [2.45, 2.75) is 37.8 Å². The molecule has 7 heteroatoms. The first kappa shape index (κ1) is 15.2. The van der Waals surface area contributed by atoms with E-state index < -0.39 is 5.66 Å². The molecule has 1 saturated carbocycles. The highest BCUT2D eigenvalue weighted by Gasteiger charge is 2.43. The van der Waals surface area contributed by atoms with E-state index in [2.05, 4.69) is 9.98 Å². The monoisotopic (exact) mass is 342 g/mol. The number of guanidine groups is 2. The number of para-hydroxylation sites is 1. The van der Waals surface area contributed by atoms with Gasteiger partial charge in [-0.25, -0.2) is 9.98 Å². The maximum absolute atomic E-state index is 6.29. The minimum Gasteiger partial charge on any atom is -0.369 e. The lowest BCUT2D eigenvalue weighted by Crippen LogP contribution is -2.58. The summed E-state index contributed by atoms with van der Waals surface area (Å²) in [5.41, 5.74) is 13.4. The first-order valence-corrected chi connectivity index (χ1v) is 8.52. The summed E-state index contributed by atoms with van der Waals surface area (Å²) in [6.07, 6.45) is 5.14. The van der Waals surface area contributed by atoms with Crippen molar-refractivity contribution in [2.24, 2.45) is 21.5 Å². The Morgan fingerprint density at radius 1 is 1.04 bits per heavy atom. The fraction of sp³-hybridized carbons (Fsp3) is 0.353. The van der Waals surface area contributed by atoms with E-state index >= 15 is 0 Å². The number of nitrogens with two attached hydrogens (primary N) is 2. The summed E-state index contributed by atoms with van der Waals surface area (Å²) in [5, 5.41) is 1.45. The Morgan fingerprint density at radius 3 is 2.62 bits per heavy atom. The predicted octanol–water partition coefficient (Wildman–Crippen LogP) is 3.00. The van der Waals surface area contributed by atoms with Crippen LogP contribution < -0.4 is 16.4 Å². The summed E-state index contributed by atoms with van der Waals surface area (Å²) in [5.74, 6) is 0.607. The maximum Gasteiger partial charge on any atom is 0.220 e. The molecule has 124 valence electrons. The van der Waals surface area contributed by atoms with Gasteiger partial charge in [0.05, 0.1) is 11.2 Å². The first-order valence-electron chi connectivity index (χ1n) is 8.14. The fourth-order valence-electron chi connectivity index (χ4n) is 3.76. The Bertz CT molecular complexity index is 853. The van der Waals surface area contributed by atoms with E-state index in [4.69, 9.17) is 28.1 Å². The summed E-state index contributed by atoms with van der Waals surface area (Å²) in [7, 11) is 0. The number of fused-ring (bicyclic) bond motifs is 1. The number of pyridine rings is 1. The van der Waals surface area contributed by atoms with Gasteiger partial charge in [0.15, 0.2) is 0 Å². The third kappa shape index (κ3) is 2.38. The lowest BCUT2D eigenvalue weighted by molar-refractivity contribution is 0.306. The maximum atomic E-state index is 6.29. The molecule has 0 amide bonds. The highest BCUT2D eigenvalue weighted by molar-refractivity contribution is 6.30. The van der Waals surface area contributed by atoms with E-state index in [9.17, 15) is 0 Å². The molecule has 24 heavy (non-hydrogen) atoms. The molecule has 6 nitrogen and oxygen atoms in total. The van der Waals surface area contributed by atoms with E-state index in [1.54, 1.807) is 6.07 Å². The molecular formula is C17H19ClN6. The number of nitrogens with zero attached hydrogens (tertiary/aromatic N) is 4. The smallest absolute Gasteiger partial charge is 0.220 e. The molecule has 1 aliphatic heterocycles. The molecule has 0 radical (unpaired) electrons. The molecule has 0 atom stereocenters. The van der Waals surface area contributed by atoms with Crippen LogP contribution in [0.25, 0.3) is 10.9 Å². The van der Waals surface area contributed by atoms with Gasteiger partial charge in [0, 0.05) is 5.39 Å². The van der Waals surface area contributed by atoms with Crippen molar-refractivity contribution < 1.29 is 0 Å². The minimum atomic E-state index is -0.480. The van der Waals surface area contributed by atoms with Crippen molar-refractivity contribution in [3.8, 4) is 0 Å². The molecule has 4 rings (SSSR count). The van der Waals surface area contributed by atoms with Crippen LogP contribution in [-0.2, 0) is 0 Å². The number of rotatable bonds is 1. The highest BCUT2D eigenvalue weighted by Crippen LogP contribution is 2.41. The van der Waals surface area contributed by atoms with Crippen LogP contribution in [0.1, 0.15) is 32.1 Å². The number of hydrogen-bond donors (Lipinski definition) is 2. The van der Waals surface area contributed by atoms with Crippen LogP contribution in [0.3, 0.4) is 0 Å². The molecule has 2 heterocycles. The normalized spacial score (nSPS) is 20.1. The van der Waals surface area contributed by atoms with Gasteiger partial charge in [-0.2, -0.15) is 4.99 Å². The lowest BCUT2D eigenvalue weighted by Gasteiger charge is -2.45. The van der Waals surface area contributed by atoms with Crippen molar-refractivity contribution >= 4 is 40.1 Å². The van der Waals surface area contributed by atoms with E-state index in [1.807, 2.05) is 29.2 Å². The van der Waals surface area contributed by atoms with Gasteiger partial charge in [0.1, 0.15) is 10.8 Å². The molecule has 2 aromatic rings. The van der Waals surface area contributed by atoms with Gasteiger partial charge in [0.25, 0.3) is 0 Å². The van der Waals surface area contributed by atoms with Gasteiger partial charge in [0.2, 0.25) is 11.9 Å². The molecule has 1 spiro atoms. The van der Waals surface area contributed by atoms with Crippen molar-refractivity contribution in [3.05, 3.63) is 35.5 Å². The van der Waals surface area contributed by atoms with Crippen LogP contribution >= 0.6 is 11.6 Å². The average Bonchev–Trinajstić information content (AvgIpc) is 2.55. The predicted molar refractivity (Wildman–Crippen MR) is 98.3 cm³/mol. The zero-order valence-corrected chi connectivity index (χ0v) is 14.0. The fourth-order valence-corrected chi connectivity index (χ4v) is 3.91. The van der Waals surface area contributed by atoms with Crippen LogP contribution in [0.4, 0.5) is 5.69 Å². The van der Waals surface area contributed by atoms with Crippen LogP contribution in [0.5, 0.6) is 0 Å². The molecular weight excluding hydrogens is 324 g/mol. The van der Waals surface area contributed by atoms with Crippen molar-refractivity contribution in [3.63, 3.8) is 0 Å². The van der Waals surface area contributed by atoms with Crippen molar-refractivity contribution in [1.82, 2.24) is 4.98 Å². The summed E-state index contributed by atoms with van der Waals surface area (Å²) < 4.78 is 0. The largest absolute Gasteiger partial charge is 0.369 e. The SMILES string of the molecule is NC1=NC2(CCCCC2)N(c2cccc3ccc(Cl)nc23)C(N)=N1. The number of benzene rings is 1. The zero-order chi connectivity index (χ0) is 16.7. The second-order valence-electron chi connectivity index (χ2n) is 6.30. The number of anilines is 1. The summed E-state index contributed by atoms with van der Waals surface area (Å²) in [6.45, 7) is 0. The number of halogens is 1. The molecule has 0 bridgehead atoms. The minimum absolute atomic E-state index is 0.247. The van der Waals surface area contributed by atoms with Crippen LogP contribution in [-0.4, -0.2) is 22.6 Å². The number of aromatic nitrogens is 1. The third-order valence-corrected chi connectivity index (χ3v) is 4.97. The molecule has 0 saturated heterocycles. The Hall–Kier alpha value is -2.34. The Kier molecular flexibility index (Phi) is 3.57. The van der Waals surface area contributed by atoms with Gasteiger partial charge in [-0.15, -0.1) is 0 Å². The quantitative estimate of drug-likeness (QED) is 0.779. The summed E-state index contributed by atoms with van der Waals surface area (Å²) >= 11 is 6.13. The van der Waals surface area contributed by atoms with E-state index in [0.717, 1.165) is 42.3 Å². The number of aliphatic imine (C=N–C) groups is 2. The first-order chi connectivity index (χ1) is 11.6. The summed E-state index contributed by atoms with van der Waals surface area (Å²) in [6, 6.07) is 9.72. The van der Waals surface area contributed by atoms with Gasteiger partial charge < -0.3 is 11.5 Å². The van der Waals surface area contributed by atoms with Gasteiger partial charge in [-0.05, 0) is 43.9 Å². The van der Waals surface area contributed by atoms with Gasteiger partial charge in [-0.3, -0.25) is 4.90 Å². The van der Waals surface area contributed by atoms with E-state index in [0.29, 0.717) is 11.1 Å². The van der Waals surface area contributed by atoms with Crippen molar-refractivity contribution in [1.29, 1.82) is 0 Å². The Morgan fingerprint density at radius 2 is 1.83 bits per heavy atom. The van der Waals surface area contributed by atoms with Gasteiger partial charge >= 0.3 is 0 Å². The molecule has 1 fully saturated rings. The molecule has 1 aromatic heterocycles. The molecule has 0 unspecified atom stereocenters. The number of hydrogen-bond acceptors (Lipinski definition) is 6. The second-order valence-corrected chi connectivity index (χ2v) is 6.69. The zero-order valence-electron chi connectivity index (χ0n) is 13.2. The molecule has 1 aliphatic carbocycles. The Balaban J connectivity index is 1.93. The lowest BCUT2D eigenvalue weighted by atomic mass is 9.87. The molecule has 2 aliphatic rings. The van der Waals surface area contributed by atoms with E-state index in [-0.39, 0.29) is 5.96 Å². The third-order valence-electron chi connectivity index (χ3n) is 4.76.